The molecule has 4 aromatic rings. The fraction of sp³-hybridized carbons (Fsp3) is 0.360. The maximum Gasteiger partial charge on any atom is 0.241 e. The lowest BCUT2D eigenvalue weighted by Gasteiger charge is -2.33. The number of hydrogen-bond acceptors (Lipinski definition) is 7. The number of nitrogens with zero attached hydrogens (tertiary/aromatic N) is 7. The van der Waals surface area contributed by atoms with Gasteiger partial charge in [-0.05, 0) is 47.3 Å². The lowest BCUT2D eigenvalue weighted by Crippen LogP contribution is -2.52. The number of rotatable bonds is 4. The monoisotopic (exact) mass is 566 g/mol. The molecule has 6 rings (SSSR count). The van der Waals surface area contributed by atoms with Gasteiger partial charge in [-0.2, -0.15) is 10.1 Å². The summed E-state index contributed by atoms with van der Waals surface area (Å²) in [4.78, 5) is 41.6. The Kier molecular flexibility index (Phi) is 5.98. The van der Waals surface area contributed by atoms with Crippen molar-refractivity contribution in [1.82, 2.24) is 34.5 Å². The molecule has 2 aliphatic rings. The first-order chi connectivity index (χ1) is 17.9. The van der Waals surface area contributed by atoms with E-state index in [2.05, 4.69) is 41.3 Å². The van der Waals surface area contributed by atoms with E-state index in [4.69, 9.17) is 0 Å². The maximum absolute atomic E-state index is 14.8. The molecule has 4 heterocycles. The van der Waals surface area contributed by atoms with Gasteiger partial charge in [0.2, 0.25) is 17.8 Å². The summed E-state index contributed by atoms with van der Waals surface area (Å²) in [6.45, 7) is 1.28. The molecule has 1 aliphatic heterocycles. The van der Waals surface area contributed by atoms with E-state index in [1.807, 2.05) is 6.07 Å². The number of carbonyl (C=O) groups is 2. The fourth-order valence-corrected chi connectivity index (χ4v) is 5.54. The van der Waals surface area contributed by atoms with Crippen molar-refractivity contribution in [2.75, 3.05) is 32.0 Å². The zero-order chi connectivity index (χ0) is 25.7. The largest absolute Gasteiger partial charge is 0.351 e. The Balaban J connectivity index is 1.22. The van der Waals surface area contributed by atoms with Crippen LogP contribution >= 0.6 is 15.9 Å². The molecule has 2 atom stereocenters. The van der Waals surface area contributed by atoms with E-state index in [1.54, 1.807) is 46.1 Å². The molecule has 0 spiro atoms. The molecule has 10 nitrogen and oxygen atoms in total. The molecule has 0 bridgehead atoms. The van der Waals surface area contributed by atoms with Crippen LogP contribution in [0.4, 0.5) is 10.3 Å². The average molecular weight is 567 g/mol. The van der Waals surface area contributed by atoms with Crippen LogP contribution in [-0.4, -0.2) is 79.1 Å². The average Bonchev–Trinajstić information content (AvgIpc) is 3.49. The summed E-state index contributed by atoms with van der Waals surface area (Å²) < 4.78 is 16.9. The van der Waals surface area contributed by atoms with Gasteiger partial charge in [0.25, 0.3) is 0 Å². The van der Waals surface area contributed by atoms with Crippen molar-refractivity contribution in [2.45, 2.75) is 25.3 Å². The molecule has 3 aromatic heterocycles. The second-order valence-electron chi connectivity index (χ2n) is 9.56. The van der Waals surface area contributed by atoms with Gasteiger partial charge in [0, 0.05) is 55.9 Å². The number of amides is 2. The summed E-state index contributed by atoms with van der Waals surface area (Å²) in [6, 6.07) is 6.79. The summed E-state index contributed by atoms with van der Waals surface area (Å²) in [5.41, 5.74) is 1.34. The second kappa shape index (κ2) is 9.33. The van der Waals surface area contributed by atoms with Gasteiger partial charge in [-0.3, -0.25) is 14.6 Å². The molecule has 1 saturated heterocycles. The van der Waals surface area contributed by atoms with Crippen LogP contribution in [0.25, 0.3) is 27.6 Å². The number of benzene rings is 1. The molecule has 1 N–H and O–H groups in total. The number of fused-ring (bicyclic) bond motifs is 2. The van der Waals surface area contributed by atoms with E-state index in [-0.39, 0.29) is 30.3 Å². The highest BCUT2D eigenvalue weighted by Gasteiger charge is 2.35. The number of piperazine rings is 1. The molecule has 1 aromatic carbocycles. The number of anilines is 1. The van der Waals surface area contributed by atoms with Gasteiger partial charge in [-0.25, -0.2) is 14.1 Å². The molecule has 0 unspecified atom stereocenters. The van der Waals surface area contributed by atoms with Crippen LogP contribution in [0, 0.1) is 11.7 Å². The predicted molar refractivity (Wildman–Crippen MR) is 139 cm³/mol. The van der Waals surface area contributed by atoms with Crippen molar-refractivity contribution in [3.8, 4) is 5.69 Å². The Bertz CT molecular complexity index is 1540. The van der Waals surface area contributed by atoms with Crippen molar-refractivity contribution < 1.29 is 14.0 Å². The summed E-state index contributed by atoms with van der Waals surface area (Å²) in [5.74, 6) is -0.150. The zero-order valence-electron chi connectivity index (χ0n) is 20.1. The molecule has 12 heteroatoms. The van der Waals surface area contributed by atoms with Gasteiger partial charge >= 0.3 is 0 Å². The SMILES string of the molecule is CN1CCN(C(=O)[C@@H]2CC[C@@H](Nc3ncc4c(Br)nn(-c5cc(F)c6ncccc6c5)c4n3)C2)CC1=O. The van der Waals surface area contributed by atoms with E-state index in [1.165, 1.54) is 6.07 Å². The van der Waals surface area contributed by atoms with Gasteiger partial charge in [0.15, 0.2) is 11.5 Å². The van der Waals surface area contributed by atoms with Crippen LogP contribution in [0.2, 0.25) is 0 Å². The highest BCUT2D eigenvalue weighted by Crippen LogP contribution is 2.31. The first kappa shape index (κ1) is 23.7. The van der Waals surface area contributed by atoms with Gasteiger partial charge in [-0.15, -0.1) is 0 Å². The molecular weight excluding hydrogens is 543 g/mol. The van der Waals surface area contributed by atoms with Crippen molar-refractivity contribution in [2.24, 2.45) is 5.92 Å². The van der Waals surface area contributed by atoms with E-state index < -0.39 is 5.82 Å². The molecule has 0 radical (unpaired) electrons. The van der Waals surface area contributed by atoms with Crippen molar-refractivity contribution in [3.05, 3.63) is 47.1 Å². The minimum atomic E-state index is -0.441. The second-order valence-corrected chi connectivity index (χ2v) is 10.3. The topological polar surface area (TPSA) is 109 Å². The third-order valence-corrected chi connectivity index (χ3v) is 7.74. The van der Waals surface area contributed by atoms with Crippen molar-refractivity contribution >= 4 is 55.6 Å². The van der Waals surface area contributed by atoms with Crippen molar-refractivity contribution in [1.29, 1.82) is 0 Å². The van der Waals surface area contributed by atoms with Crippen LogP contribution in [0.15, 0.2) is 41.3 Å². The molecule has 190 valence electrons. The molecule has 2 fully saturated rings. The van der Waals surface area contributed by atoms with Gasteiger partial charge in [0.05, 0.1) is 17.6 Å². The smallest absolute Gasteiger partial charge is 0.241 e. The standard InChI is InChI=1S/C25H24BrFN8O2/c1-33-7-8-34(13-20(33)36)24(37)15-4-5-16(9-15)30-25-29-12-18-22(26)32-35(23(18)31-25)17-10-14-3-2-6-28-21(14)19(27)11-17/h2-3,6,10-12,15-16H,4-5,7-9,13H2,1H3,(H,29,30,31)/t15-,16-/m1/s1. The molecule has 1 aliphatic carbocycles. The van der Waals surface area contributed by atoms with E-state index in [0.29, 0.717) is 57.7 Å². The Morgan fingerprint density at radius 2 is 2.08 bits per heavy atom. The summed E-state index contributed by atoms with van der Waals surface area (Å²) >= 11 is 3.46. The number of pyridine rings is 1. The number of likely N-dealkylation sites (N-methyl/N-ethyl adjacent to an activating group) is 1. The van der Waals surface area contributed by atoms with E-state index in [0.717, 1.165) is 12.8 Å². The highest BCUT2D eigenvalue weighted by atomic mass is 79.9. The number of carbonyl (C=O) groups excluding carboxylic acids is 2. The Labute approximate surface area is 220 Å². The lowest BCUT2D eigenvalue weighted by atomic mass is 10.1. The van der Waals surface area contributed by atoms with Gasteiger partial charge in [-0.1, -0.05) is 6.07 Å². The number of halogens is 2. The quantitative estimate of drug-likeness (QED) is 0.404. The maximum atomic E-state index is 14.8. The van der Waals surface area contributed by atoms with Crippen LogP contribution in [0.3, 0.4) is 0 Å². The zero-order valence-corrected chi connectivity index (χ0v) is 21.7. The minimum absolute atomic E-state index is 0.0264. The number of hydrogen-bond donors (Lipinski definition) is 1. The fourth-order valence-electron chi connectivity index (χ4n) is 5.10. The highest BCUT2D eigenvalue weighted by molar-refractivity contribution is 9.10. The number of aromatic nitrogens is 5. The van der Waals surface area contributed by atoms with Crippen molar-refractivity contribution in [3.63, 3.8) is 0 Å². The summed E-state index contributed by atoms with van der Waals surface area (Å²) in [6.07, 6.45) is 5.41. The molecule has 1 saturated carbocycles. The first-order valence-corrected chi connectivity index (χ1v) is 12.9. The lowest BCUT2D eigenvalue weighted by molar-refractivity contribution is -0.146. The minimum Gasteiger partial charge on any atom is -0.351 e. The van der Waals surface area contributed by atoms with E-state index >= 15 is 0 Å². The Morgan fingerprint density at radius 1 is 1.22 bits per heavy atom. The van der Waals surface area contributed by atoms with E-state index in [9.17, 15) is 14.0 Å². The van der Waals surface area contributed by atoms with Gasteiger partial charge in [0.1, 0.15) is 10.1 Å². The Hall–Kier alpha value is -3.67. The molecule has 37 heavy (non-hydrogen) atoms. The van der Waals surface area contributed by atoms with Gasteiger partial charge < -0.3 is 15.1 Å². The predicted octanol–water partition coefficient (Wildman–Crippen LogP) is 3.15. The first-order valence-electron chi connectivity index (χ1n) is 12.1. The summed E-state index contributed by atoms with van der Waals surface area (Å²) in [5, 5.41) is 9.22. The normalized spacial score (nSPS) is 20.2. The van der Waals surface area contributed by atoms with Crippen LogP contribution in [0.5, 0.6) is 0 Å². The molecule has 2 amide bonds. The van der Waals surface area contributed by atoms with Crippen LogP contribution in [-0.2, 0) is 9.59 Å². The third-order valence-electron chi connectivity index (χ3n) is 7.15. The van der Waals surface area contributed by atoms with Crippen LogP contribution < -0.4 is 5.32 Å². The van der Waals surface area contributed by atoms with Crippen LogP contribution in [0.1, 0.15) is 19.3 Å². The third kappa shape index (κ3) is 4.39. The molecular formula is C25H24BrFN8O2. The number of nitrogens with one attached hydrogen (secondary N) is 1. The Morgan fingerprint density at radius 3 is 2.92 bits per heavy atom. The summed E-state index contributed by atoms with van der Waals surface area (Å²) in [7, 11) is 1.76.